The number of hydrogen-bond acceptors (Lipinski definition) is 2. The molecule has 3 N–H and O–H groups in total. The smallest absolute Gasteiger partial charge is 0.242 e. The summed E-state index contributed by atoms with van der Waals surface area (Å²) in [5.41, 5.74) is 0. The SMILES string of the molecule is CCCNC(=S)NC(C)C(=O)NCC(C)C. The zero-order valence-electron chi connectivity index (χ0n) is 10.6. The number of thiocarbonyl (C=S) groups is 1. The van der Waals surface area contributed by atoms with Gasteiger partial charge in [0.1, 0.15) is 6.04 Å². The van der Waals surface area contributed by atoms with Gasteiger partial charge in [-0.05, 0) is 31.5 Å². The third-order valence-electron chi connectivity index (χ3n) is 1.96. The molecule has 0 aliphatic heterocycles. The maximum absolute atomic E-state index is 11.6. The minimum absolute atomic E-state index is 0.0191. The standard InChI is InChI=1S/C11H23N3OS/c1-5-6-12-11(16)14-9(4)10(15)13-7-8(2)3/h8-9H,5-7H2,1-4H3,(H,13,15)(H2,12,14,16). The van der Waals surface area contributed by atoms with E-state index in [4.69, 9.17) is 12.2 Å². The Morgan fingerprint density at radius 1 is 1.25 bits per heavy atom. The number of carbonyl (C=O) groups excluding carboxylic acids is 1. The Hall–Kier alpha value is -0.840. The van der Waals surface area contributed by atoms with Crippen molar-refractivity contribution in [2.45, 2.75) is 40.2 Å². The monoisotopic (exact) mass is 245 g/mol. The molecule has 1 amide bonds. The summed E-state index contributed by atoms with van der Waals surface area (Å²) in [5.74, 6) is 0.440. The van der Waals surface area contributed by atoms with Crippen LogP contribution in [0.5, 0.6) is 0 Å². The lowest BCUT2D eigenvalue weighted by Gasteiger charge is -2.17. The quantitative estimate of drug-likeness (QED) is 0.612. The normalized spacial score (nSPS) is 12.1. The van der Waals surface area contributed by atoms with Gasteiger partial charge in [-0.2, -0.15) is 0 Å². The van der Waals surface area contributed by atoms with Gasteiger partial charge in [0.25, 0.3) is 0 Å². The molecule has 0 aromatic carbocycles. The third-order valence-corrected chi connectivity index (χ3v) is 2.22. The van der Waals surface area contributed by atoms with Gasteiger partial charge in [-0.15, -0.1) is 0 Å². The molecule has 1 atom stereocenters. The Kier molecular flexibility index (Phi) is 7.89. The second-order valence-electron chi connectivity index (χ2n) is 4.26. The molecule has 0 saturated carbocycles. The third kappa shape index (κ3) is 7.45. The molecule has 0 heterocycles. The summed E-state index contributed by atoms with van der Waals surface area (Å²) < 4.78 is 0. The maximum Gasteiger partial charge on any atom is 0.242 e. The number of nitrogens with one attached hydrogen (secondary N) is 3. The fourth-order valence-corrected chi connectivity index (χ4v) is 1.29. The van der Waals surface area contributed by atoms with E-state index in [9.17, 15) is 4.79 Å². The number of carbonyl (C=O) groups is 1. The fraction of sp³-hybridized carbons (Fsp3) is 0.818. The number of hydrogen-bond donors (Lipinski definition) is 3. The first-order valence-corrected chi connectivity index (χ1v) is 6.20. The summed E-state index contributed by atoms with van der Waals surface area (Å²) >= 11 is 5.05. The molecule has 0 bridgehead atoms. The van der Waals surface area contributed by atoms with Crippen LogP contribution in [0.25, 0.3) is 0 Å². The molecule has 94 valence electrons. The first kappa shape index (κ1) is 15.2. The molecule has 4 nitrogen and oxygen atoms in total. The maximum atomic E-state index is 11.6. The molecule has 1 unspecified atom stereocenters. The zero-order valence-corrected chi connectivity index (χ0v) is 11.4. The molecule has 0 aromatic rings. The Morgan fingerprint density at radius 2 is 1.88 bits per heavy atom. The van der Waals surface area contributed by atoms with Gasteiger partial charge in [-0.3, -0.25) is 4.79 Å². The summed E-state index contributed by atoms with van der Waals surface area (Å²) in [6, 6.07) is -0.296. The molecule has 0 saturated heterocycles. The van der Waals surface area contributed by atoms with Crippen LogP contribution >= 0.6 is 12.2 Å². The van der Waals surface area contributed by atoms with Crippen molar-refractivity contribution in [1.29, 1.82) is 0 Å². The van der Waals surface area contributed by atoms with Gasteiger partial charge in [-0.25, -0.2) is 0 Å². The molecular weight excluding hydrogens is 222 g/mol. The van der Waals surface area contributed by atoms with Crippen molar-refractivity contribution >= 4 is 23.2 Å². The topological polar surface area (TPSA) is 53.2 Å². The van der Waals surface area contributed by atoms with Crippen molar-refractivity contribution in [2.75, 3.05) is 13.1 Å². The number of amides is 1. The van der Waals surface area contributed by atoms with Crippen LogP contribution in [0.3, 0.4) is 0 Å². The second-order valence-corrected chi connectivity index (χ2v) is 4.67. The molecular formula is C11H23N3OS. The van der Waals surface area contributed by atoms with Crippen LogP contribution in [0.1, 0.15) is 34.1 Å². The molecule has 0 spiro atoms. The van der Waals surface area contributed by atoms with Gasteiger partial charge in [0, 0.05) is 13.1 Å². The summed E-state index contributed by atoms with van der Waals surface area (Å²) in [4.78, 5) is 11.6. The first-order valence-electron chi connectivity index (χ1n) is 5.79. The molecule has 16 heavy (non-hydrogen) atoms. The van der Waals surface area contributed by atoms with Crippen LogP contribution < -0.4 is 16.0 Å². The Labute approximate surface area is 104 Å². The highest BCUT2D eigenvalue weighted by Gasteiger charge is 2.13. The van der Waals surface area contributed by atoms with E-state index in [2.05, 4.69) is 36.7 Å². The highest BCUT2D eigenvalue weighted by Crippen LogP contribution is 1.89. The molecule has 0 aromatic heterocycles. The van der Waals surface area contributed by atoms with Crippen LogP contribution in [0.4, 0.5) is 0 Å². The van der Waals surface area contributed by atoms with Crippen LogP contribution in [0.2, 0.25) is 0 Å². The average molecular weight is 245 g/mol. The van der Waals surface area contributed by atoms with Gasteiger partial charge >= 0.3 is 0 Å². The Bertz CT molecular complexity index is 231. The van der Waals surface area contributed by atoms with Gasteiger partial charge < -0.3 is 16.0 Å². The van der Waals surface area contributed by atoms with E-state index < -0.39 is 0 Å². The summed E-state index contributed by atoms with van der Waals surface area (Å²) in [6.07, 6.45) is 1.01. The summed E-state index contributed by atoms with van der Waals surface area (Å²) in [6.45, 7) is 9.51. The highest BCUT2D eigenvalue weighted by atomic mass is 32.1. The molecule has 0 fully saturated rings. The van der Waals surface area contributed by atoms with Crippen LogP contribution in [0.15, 0.2) is 0 Å². The van der Waals surface area contributed by atoms with Gasteiger partial charge in [0.2, 0.25) is 5.91 Å². The largest absolute Gasteiger partial charge is 0.363 e. The second kappa shape index (κ2) is 8.33. The lowest BCUT2D eigenvalue weighted by Crippen LogP contribution is -2.48. The Morgan fingerprint density at radius 3 is 2.38 bits per heavy atom. The van der Waals surface area contributed by atoms with Gasteiger partial charge in [0.15, 0.2) is 5.11 Å². The first-order chi connectivity index (χ1) is 7.47. The van der Waals surface area contributed by atoms with Gasteiger partial charge in [-0.1, -0.05) is 20.8 Å². The average Bonchev–Trinajstić information content (AvgIpc) is 2.22. The van der Waals surface area contributed by atoms with Crippen LogP contribution in [-0.2, 0) is 4.79 Å². The van der Waals surface area contributed by atoms with Crippen LogP contribution in [0, 0.1) is 5.92 Å². The van der Waals surface area contributed by atoms with E-state index in [0.717, 1.165) is 13.0 Å². The number of rotatable bonds is 6. The van der Waals surface area contributed by atoms with E-state index in [0.29, 0.717) is 17.6 Å². The molecule has 0 radical (unpaired) electrons. The van der Waals surface area contributed by atoms with E-state index in [-0.39, 0.29) is 11.9 Å². The lowest BCUT2D eigenvalue weighted by atomic mass is 10.2. The molecule has 5 heteroatoms. The van der Waals surface area contributed by atoms with Crippen molar-refractivity contribution in [3.8, 4) is 0 Å². The highest BCUT2D eigenvalue weighted by molar-refractivity contribution is 7.80. The van der Waals surface area contributed by atoms with Crippen molar-refractivity contribution in [3.63, 3.8) is 0 Å². The minimum Gasteiger partial charge on any atom is -0.363 e. The van der Waals surface area contributed by atoms with E-state index in [1.807, 2.05) is 0 Å². The van der Waals surface area contributed by atoms with Crippen molar-refractivity contribution < 1.29 is 4.79 Å². The van der Waals surface area contributed by atoms with Gasteiger partial charge in [0.05, 0.1) is 0 Å². The van der Waals surface area contributed by atoms with Crippen molar-refractivity contribution in [3.05, 3.63) is 0 Å². The van der Waals surface area contributed by atoms with Crippen molar-refractivity contribution in [2.24, 2.45) is 5.92 Å². The zero-order chi connectivity index (χ0) is 12.6. The molecule has 0 rings (SSSR count). The predicted molar refractivity (Wildman–Crippen MR) is 71.3 cm³/mol. The van der Waals surface area contributed by atoms with Crippen LogP contribution in [-0.4, -0.2) is 30.2 Å². The van der Waals surface area contributed by atoms with E-state index in [1.165, 1.54) is 0 Å². The summed E-state index contributed by atoms with van der Waals surface area (Å²) in [5, 5.41) is 9.36. The minimum atomic E-state index is -0.296. The van der Waals surface area contributed by atoms with Crippen molar-refractivity contribution in [1.82, 2.24) is 16.0 Å². The summed E-state index contributed by atoms with van der Waals surface area (Å²) in [7, 11) is 0. The van der Waals surface area contributed by atoms with E-state index >= 15 is 0 Å². The fourth-order valence-electron chi connectivity index (χ4n) is 1.01. The lowest BCUT2D eigenvalue weighted by molar-refractivity contribution is -0.122. The molecule has 0 aliphatic carbocycles. The molecule has 0 aliphatic rings. The predicted octanol–water partition coefficient (Wildman–Crippen LogP) is 1.02. The van der Waals surface area contributed by atoms with E-state index in [1.54, 1.807) is 6.92 Å². The Balaban J connectivity index is 3.81.